The van der Waals surface area contributed by atoms with E-state index in [9.17, 15) is 28.1 Å². The highest BCUT2D eigenvalue weighted by molar-refractivity contribution is 6.06. The molecule has 2 aromatic rings. The van der Waals surface area contributed by atoms with E-state index in [1.165, 1.54) is 36.4 Å². The molecule has 0 N–H and O–H groups in total. The van der Waals surface area contributed by atoms with Crippen LogP contribution in [-0.4, -0.2) is 35.0 Å². The average molecular weight is 451 g/mol. The quantitative estimate of drug-likeness (QED) is 0.451. The van der Waals surface area contributed by atoms with Crippen molar-refractivity contribution >= 4 is 17.3 Å². The second-order valence-corrected chi connectivity index (χ2v) is 7.08. The van der Waals surface area contributed by atoms with Gasteiger partial charge < -0.3 is 9.47 Å². The maximum atomic E-state index is 12.6. The molecular weight excluding hydrogens is 431 g/mol. The lowest BCUT2D eigenvalue weighted by molar-refractivity contribution is -0.384. The molecule has 0 fully saturated rings. The second kappa shape index (κ2) is 9.25. The zero-order valence-electron chi connectivity index (χ0n) is 17.3. The number of nitro benzene ring substituents is 1. The molecule has 0 saturated carbocycles. The van der Waals surface area contributed by atoms with Gasteiger partial charge in [0.05, 0.1) is 24.3 Å². The summed E-state index contributed by atoms with van der Waals surface area (Å²) in [5.74, 6) is -1.04. The third-order valence-electron chi connectivity index (χ3n) is 4.98. The van der Waals surface area contributed by atoms with Crippen molar-refractivity contribution in [2.24, 2.45) is 11.0 Å². The van der Waals surface area contributed by atoms with Gasteiger partial charge in [-0.05, 0) is 30.2 Å². The maximum absolute atomic E-state index is 12.6. The van der Waals surface area contributed by atoms with Gasteiger partial charge >= 0.3 is 6.36 Å². The van der Waals surface area contributed by atoms with Crippen molar-refractivity contribution in [2.75, 3.05) is 7.11 Å². The summed E-state index contributed by atoms with van der Waals surface area (Å²) < 4.78 is 46.9. The molecule has 1 aliphatic heterocycles. The van der Waals surface area contributed by atoms with Crippen molar-refractivity contribution in [3.63, 3.8) is 0 Å². The molecule has 0 saturated heterocycles. The summed E-state index contributed by atoms with van der Waals surface area (Å²) in [4.78, 5) is 22.9. The van der Waals surface area contributed by atoms with Gasteiger partial charge in [0.2, 0.25) is 5.91 Å². The first-order valence-electron chi connectivity index (χ1n) is 9.67. The first-order chi connectivity index (χ1) is 15.1. The molecule has 0 bridgehead atoms. The van der Waals surface area contributed by atoms with Gasteiger partial charge in [0.1, 0.15) is 0 Å². The summed E-state index contributed by atoms with van der Waals surface area (Å²) in [6.07, 6.45) is -4.10. The maximum Gasteiger partial charge on any atom is 0.573 e. The Morgan fingerprint density at radius 2 is 1.88 bits per heavy atom. The fourth-order valence-corrected chi connectivity index (χ4v) is 3.37. The number of nitrogens with zero attached hydrogens (tertiary/aromatic N) is 3. The van der Waals surface area contributed by atoms with Crippen molar-refractivity contribution in [3.05, 3.63) is 63.7 Å². The molecule has 11 heteroatoms. The highest BCUT2D eigenvalue weighted by atomic mass is 19.4. The predicted molar refractivity (Wildman–Crippen MR) is 108 cm³/mol. The number of benzene rings is 2. The third-order valence-corrected chi connectivity index (χ3v) is 4.98. The predicted octanol–water partition coefficient (Wildman–Crippen LogP) is 4.66. The van der Waals surface area contributed by atoms with Gasteiger partial charge in [-0.25, -0.2) is 5.01 Å². The molecule has 1 aliphatic rings. The van der Waals surface area contributed by atoms with E-state index in [-0.39, 0.29) is 36.2 Å². The number of methoxy groups -OCH3 is 1. The Morgan fingerprint density at radius 1 is 1.19 bits per heavy atom. The first kappa shape index (κ1) is 23.0. The minimum atomic E-state index is -4.86. The molecule has 1 atom stereocenters. The monoisotopic (exact) mass is 451 g/mol. The van der Waals surface area contributed by atoms with Crippen LogP contribution in [0, 0.1) is 16.0 Å². The molecule has 32 heavy (non-hydrogen) atoms. The number of carbonyl (C=O) groups excluding carboxylic acids is 1. The topological polar surface area (TPSA) is 94.3 Å². The number of non-ortho nitro benzene ring substituents is 1. The minimum Gasteiger partial charge on any atom is -0.493 e. The molecule has 3 rings (SSSR count). The van der Waals surface area contributed by atoms with Gasteiger partial charge in [0.25, 0.3) is 5.69 Å². The Morgan fingerprint density at radius 3 is 2.44 bits per heavy atom. The molecule has 170 valence electrons. The molecule has 0 spiro atoms. The number of ether oxygens (including phenoxy) is 2. The Bertz CT molecular complexity index is 1040. The first-order valence-corrected chi connectivity index (χ1v) is 9.67. The lowest BCUT2D eigenvalue weighted by atomic mass is 9.89. The fourth-order valence-electron chi connectivity index (χ4n) is 3.37. The van der Waals surface area contributed by atoms with E-state index in [1.807, 2.05) is 6.92 Å². The highest BCUT2D eigenvalue weighted by Crippen LogP contribution is 2.35. The van der Waals surface area contributed by atoms with Gasteiger partial charge in [-0.3, -0.25) is 14.9 Å². The van der Waals surface area contributed by atoms with Crippen LogP contribution in [0.15, 0.2) is 47.6 Å². The number of amides is 1. The number of rotatable bonds is 7. The van der Waals surface area contributed by atoms with E-state index < -0.39 is 17.0 Å². The van der Waals surface area contributed by atoms with E-state index in [2.05, 4.69) is 9.84 Å². The number of alkyl halides is 3. The van der Waals surface area contributed by atoms with Crippen molar-refractivity contribution in [3.8, 4) is 11.5 Å². The van der Waals surface area contributed by atoms with E-state index >= 15 is 0 Å². The molecular formula is C21H20F3N3O5. The number of nitro groups is 1. The van der Waals surface area contributed by atoms with Gasteiger partial charge in [0.15, 0.2) is 11.5 Å². The zero-order valence-corrected chi connectivity index (χ0v) is 17.3. The van der Waals surface area contributed by atoms with Crippen LogP contribution in [0.2, 0.25) is 0 Å². The lowest BCUT2D eigenvalue weighted by Crippen LogP contribution is -2.36. The van der Waals surface area contributed by atoms with Crippen LogP contribution < -0.4 is 9.47 Å². The number of hydrogen-bond donors (Lipinski definition) is 0. The summed E-state index contributed by atoms with van der Waals surface area (Å²) in [6, 6.07) is 9.74. The van der Waals surface area contributed by atoms with Gasteiger partial charge in [-0.2, -0.15) is 5.10 Å². The molecule has 8 nitrogen and oxygen atoms in total. The largest absolute Gasteiger partial charge is 0.573 e. The average Bonchev–Trinajstić information content (AvgIpc) is 2.74. The van der Waals surface area contributed by atoms with Crippen LogP contribution in [0.25, 0.3) is 0 Å². The fraction of sp³-hybridized carbons (Fsp3) is 0.333. The van der Waals surface area contributed by atoms with E-state index in [0.29, 0.717) is 23.3 Å². The third kappa shape index (κ3) is 5.34. The normalized spacial score (nSPS) is 16.5. The lowest BCUT2D eigenvalue weighted by Gasteiger charge is -2.29. The van der Waals surface area contributed by atoms with Gasteiger partial charge in [-0.15, -0.1) is 13.2 Å². The molecule has 0 aliphatic carbocycles. The standard InChI is InChI=1S/C21H20F3N3O5/c1-3-14-11-19(28)26(12-13-4-7-16(8-5-13)27(29)30)25-20(14)15-6-9-17(18(10-15)31-2)32-21(22,23)24/h4-10,14H,3,11-12H2,1-2H3. The zero-order chi connectivity index (χ0) is 23.5. The summed E-state index contributed by atoms with van der Waals surface area (Å²) in [6.45, 7) is 1.99. The number of hydrogen-bond acceptors (Lipinski definition) is 6. The van der Waals surface area contributed by atoms with Crippen molar-refractivity contribution in [1.82, 2.24) is 5.01 Å². The smallest absolute Gasteiger partial charge is 0.493 e. The summed E-state index contributed by atoms with van der Waals surface area (Å²) in [7, 11) is 1.23. The van der Waals surface area contributed by atoms with Crippen LogP contribution in [0.1, 0.15) is 30.9 Å². The molecule has 1 unspecified atom stereocenters. The van der Waals surface area contributed by atoms with E-state index in [0.717, 1.165) is 6.07 Å². The Kier molecular flexibility index (Phi) is 6.66. The second-order valence-electron chi connectivity index (χ2n) is 7.08. The van der Waals surface area contributed by atoms with Gasteiger partial charge in [-0.1, -0.05) is 19.1 Å². The van der Waals surface area contributed by atoms with Crippen LogP contribution >= 0.6 is 0 Å². The molecule has 0 aromatic heterocycles. The van der Waals surface area contributed by atoms with Crippen LogP contribution in [-0.2, 0) is 11.3 Å². The van der Waals surface area contributed by atoms with E-state index in [1.54, 1.807) is 12.1 Å². The SMILES string of the molecule is CCC1CC(=O)N(Cc2ccc([N+](=O)[O-])cc2)N=C1c1ccc(OC(F)(F)F)c(OC)c1. The number of halogens is 3. The highest BCUT2D eigenvalue weighted by Gasteiger charge is 2.33. The number of hydrazone groups is 1. The summed E-state index contributed by atoms with van der Waals surface area (Å²) in [5.41, 5.74) is 1.62. The van der Waals surface area contributed by atoms with Crippen molar-refractivity contribution in [1.29, 1.82) is 0 Å². The molecule has 1 heterocycles. The molecule has 0 radical (unpaired) electrons. The van der Waals surface area contributed by atoms with E-state index in [4.69, 9.17) is 4.74 Å². The number of carbonyl (C=O) groups is 1. The minimum absolute atomic E-state index is 0.0674. The van der Waals surface area contributed by atoms with Gasteiger partial charge in [0, 0.05) is 30.0 Å². The Balaban J connectivity index is 1.92. The molecule has 1 amide bonds. The summed E-state index contributed by atoms with van der Waals surface area (Å²) in [5, 5.41) is 16.5. The molecule has 2 aromatic carbocycles. The van der Waals surface area contributed by atoms with Crippen molar-refractivity contribution < 1.29 is 32.4 Å². The Labute approximate surface area is 181 Å². The van der Waals surface area contributed by atoms with Crippen molar-refractivity contribution in [2.45, 2.75) is 32.7 Å². The van der Waals surface area contributed by atoms with Crippen LogP contribution in [0.3, 0.4) is 0 Å². The van der Waals surface area contributed by atoms with Crippen LogP contribution in [0.4, 0.5) is 18.9 Å². The summed E-state index contributed by atoms with van der Waals surface area (Å²) >= 11 is 0. The van der Waals surface area contributed by atoms with Crippen LogP contribution in [0.5, 0.6) is 11.5 Å². The Hall–Kier alpha value is -3.63.